The number of hydrogen-bond acceptors (Lipinski definition) is 6. The molecule has 0 aliphatic heterocycles. The molecule has 448 valence electrons. The first-order valence-electron chi connectivity index (χ1n) is 32.7. The summed E-state index contributed by atoms with van der Waals surface area (Å²) in [4.78, 5) is 38.2. The molecule has 0 heterocycles. The zero-order valence-electron chi connectivity index (χ0n) is 51.3. The van der Waals surface area contributed by atoms with Crippen LogP contribution in [0.2, 0.25) is 0 Å². The topological polar surface area (TPSA) is 78.9 Å². The van der Waals surface area contributed by atoms with Crippen molar-refractivity contribution >= 4 is 17.9 Å². The largest absolute Gasteiger partial charge is 0.462 e. The molecule has 0 saturated heterocycles. The fourth-order valence-electron chi connectivity index (χ4n) is 8.71. The van der Waals surface area contributed by atoms with E-state index in [0.29, 0.717) is 19.3 Å². The molecule has 0 bridgehead atoms. The molecule has 0 amide bonds. The molecule has 1 atom stereocenters. The van der Waals surface area contributed by atoms with Gasteiger partial charge in [-0.1, -0.05) is 276 Å². The first kappa shape index (κ1) is 74.5. The summed E-state index contributed by atoms with van der Waals surface area (Å²) in [5.41, 5.74) is 0. The molecule has 6 nitrogen and oxygen atoms in total. The summed E-state index contributed by atoms with van der Waals surface area (Å²) in [5, 5.41) is 0. The summed E-state index contributed by atoms with van der Waals surface area (Å²) >= 11 is 0. The Labute approximate surface area is 487 Å². The predicted molar refractivity (Wildman–Crippen MR) is 343 cm³/mol. The van der Waals surface area contributed by atoms with E-state index in [2.05, 4.69) is 154 Å². The molecule has 0 aliphatic carbocycles. The van der Waals surface area contributed by atoms with E-state index < -0.39 is 6.10 Å². The van der Waals surface area contributed by atoms with E-state index in [1.165, 1.54) is 128 Å². The summed E-state index contributed by atoms with van der Waals surface area (Å²) in [6.45, 7) is 6.44. The SMILES string of the molecule is CC/C=C\C/C=C\C/C=C\C/C=C\C/C=C\C/C=C\C/C=C\C/C=C\C/C=C\CCCC(=O)OCC(COC(=O)CCCCCCC/C=C\CCCC)OC(=O)CCCCCCCCCCC/C=C\CCCCCCCCCC. The van der Waals surface area contributed by atoms with E-state index in [9.17, 15) is 14.4 Å². The minimum absolute atomic E-state index is 0.104. The predicted octanol–water partition coefficient (Wildman–Crippen LogP) is 22.5. The number of hydrogen-bond donors (Lipinski definition) is 0. The van der Waals surface area contributed by atoms with Crippen LogP contribution in [0.5, 0.6) is 0 Å². The molecule has 0 spiro atoms. The van der Waals surface area contributed by atoms with Gasteiger partial charge in [-0.3, -0.25) is 14.4 Å². The minimum Gasteiger partial charge on any atom is -0.462 e. The molecule has 0 aliphatic rings. The average Bonchev–Trinajstić information content (AvgIpc) is 3.45. The standard InChI is InChI=1S/C73H120O6/c1-4-7-10-13-16-19-22-24-26-28-30-32-33-34-35-36-37-38-39-41-42-44-46-48-51-54-57-60-63-66-72(75)78-69-70(68-77-71(74)65-62-59-56-53-50-21-18-15-12-9-6-3)79-73(76)67-64-61-58-55-52-49-47-45-43-40-31-29-27-25-23-20-17-14-11-8-5-2/h7,10,15-16,18-19,24,26,29-32,34-35,37-38,41-42,46,48,54,57,70H,4-6,8-9,11-14,17,20-23,25,27-28,33,36,39-40,43-45,47,49-53,55-56,58-69H2,1-3H3/b10-7-,18-15-,19-16-,26-24-,31-29-,32-30-,35-34-,38-37-,42-41-,48-46-,57-54-. The van der Waals surface area contributed by atoms with Crippen molar-refractivity contribution in [2.45, 2.75) is 297 Å². The Kier molecular flexibility index (Phi) is 62.3. The lowest BCUT2D eigenvalue weighted by Gasteiger charge is -2.18. The van der Waals surface area contributed by atoms with Gasteiger partial charge in [-0.15, -0.1) is 0 Å². The van der Waals surface area contributed by atoms with Gasteiger partial charge in [-0.05, 0) is 128 Å². The van der Waals surface area contributed by atoms with E-state index >= 15 is 0 Å². The quantitative estimate of drug-likeness (QED) is 0.0261. The smallest absolute Gasteiger partial charge is 0.306 e. The van der Waals surface area contributed by atoms with Crippen LogP contribution in [0.25, 0.3) is 0 Å². The van der Waals surface area contributed by atoms with Crippen LogP contribution in [0.15, 0.2) is 134 Å². The molecule has 79 heavy (non-hydrogen) atoms. The van der Waals surface area contributed by atoms with Gasteiger partial charge in [0.25, 0.3) is 0 Å². The second-order valence-electron chi connectivity index (χ2n) is 21.3. The van der Waals surface area contributed by atoms with Gasteiger partial charge in [0.05, 0.1) is 0 Å². The average molecular weight is 1090 g/mol. The van der Waals surface area contributed by atoms with E-state index in [4.69, 9.17) is 14.2 Å². The minimum atomic E-state index is -0.811. The Bertz CT molecular complexity index is 1680. The molecule has 0 fully saturated rings. The molecule has 0 aromatic heterocycles. The number of esters is 3. The van der Waals surface area contributed by atoms with Crippen molar-refractivity contribution in [3.8, 4) is 0 Å². The van der Waals surface area contributed by atoms with Gasteiger partial charge in [0.1, 0.15) is 13.2 Å². The van der Waals surface area contributed by atoms with Crippen molar-refractivity contribution < 1.29 is 28.6 Å². The van der Waals surface area contributed by atoms with E-state index in [1.54, 1.807) is 0 Å². The van der Waals surface area contributed by atoms with Crippen LogP contribution in [0.1, 0.15) is 290 Å². The van der Waals surface area contributed by atoms with Gasteiger partial charge in [0, 0.05) is 19.3 Å². The first-order chi connectivity index (χ1) is 39.0. The van der Waals surface area contributed by atoms with Crippen molar-refractivity contribution in [2.75, 3.05) is 13.2 Å². The second-order valence-corrected chi connectivity index (χ2v) is 21.3. The van der Waals surface area contributed by atoms with E-state index in [1.807, 2.05) is 0 Å². The Morgan fingerprint density at radius 3 is 0.873 bits per heavy atom. The third-order valence-corrected chi connectivity index (χ3v) is 13.6. The molecular formula is C73H120O6. The lowest BCUT2D eigenvalue weighted by molar-refractivity contribution is -0.167. The van der Waals surface area contributed by atoms with Gasteiger partial charge >= 0.3 is 17.9 Å². The highest BCUT2D eigenvalue weighted by atomic mass is 16.6. The molecule has 0 N–H and O–H groups in total. The van der Waals surface area contributed by atoms with Crippen LogP contribution in [-0.2, 0) is 28.6 Å². The molecule has 0 radical (unpaired) electrons. The Morgan fingerprint density at radius 1 is 0.266 bits per heavy atom. The van der Waals surface area contributed by atoms with Gasteiger partial charge < -0.3 is 14.2 Å². The van der Waals surface area contributed by atoms with Crippen LogP contribution in [0, 0.1) is 0 Å². The van der Waals surface area contributed by atoms with Crippen LogP contribution in [-0.4, -0.2) is 37.2 Å². The van der Waals surface area contributed by atoms with Gasteiger partial charge in [0.2, 0.25) is 0 Å². The van der Waals surface area contributed by atoms with Gasteiger partial charge in [-0.25, -0.2) is 0 Å². The maximum absolute atomic E-state index is 12.9. The second kappa shape index (κ2) is 66.1. The van der Waals surface area contributed by atoms with Crippen LogP contribution in [0.4, 0.5) is 0 Å². The Morgan fingerprint density at radius 2 is 0.519 bits per heavy atom. The number of allylic oxidation sites excluding steroid dienone is 22. The number of carbonyl (C=O) groups excluding carboxylic acids is 3. The third kappa shape index (κ3) is 64.3. The summed E-state index contributed by atoms with van der Waals surface area (Å²) in [6.07, 6.45) is 93.3. The highest BCUT2D eigenvalue weighted by Crippen LogP contribution is 2.15. The van der Waals surface area contributed by atoms with Crippen molar-refractivity contribution in [3.63, 3.8) is 0 Å². The first-order valence-corrected chi connectivity index (χ1v) is 32.7. The summed E-state index contributed by atoms with van der Waals surface area (Å²) in [6, 6.07) is 0. The number of ether oxygens (including phenoxy) is 3. The van der Waals surface area contributed by atoms with Crippen molar-refractivity contribution in [1.82, 2.24) is 0 Å². The van der Waals surface area contributed by atoms with Crippen molar-refractivity contribution in [2.24, 2.45) is 0 Å². The number of unbranched alkanes of at least 4 members (excludes halogenated alkanes) is 25. The normalized spacial score (nSPS) is 13.0. The Hall–Kier alpha value is -4.45. The zero-order valence-corrected chi connectivity index (χ0v) is 51.3. The highest BCUT2D eigenvalue weighted by molar-refractivity contribution is 5.71. The molecule has 0 rings (SSSR count). The van der Waals surface area contributed by atoms with Crippen LogP contribution < -0.4 is 0 Å². The molecule has 0 aromatic rings. The van der Waals surface area contributed by atoms with Gasteiger partial charge in [0.15, 0.2) is 6.10 Å². The van der Waals surface area contributed by atoms with Crippen molar-refractivity contribution in [1.29, 1.82) is 0 Å². The molecule has 0 aromatic carbocycles. The lowest BCUT2D eigenvalue weighted by atomic mass is 10.1. The summed E-state index contributed by atoms with van der Waals surface area (Å²) < 4.78 is 16.8. The number of rotatable bonds is 58. The van der Waals surface area contributed by atoms with Crippen LogP contribution in [0.3, 0.4) is 0 Å². The van der Waals surface area contributed by atoms with Gasteiger partial charge in [-0.2, -0.15) is 0 Å². The highest BCUT2D eigenvalue weighted by Gasteiger charge is 2.19. The Balaban J connectivity index is 4.40. The lowest BCUT2D eigenvalue weighted by Crippen LogP contribution is -2.30. The maximum atomic E-state index is 12.9. The molecule has 1 unspecified atom stereocenters. The maximum Gasteiger partial charge on any atom is 0.306 e. The third-order valence-electron chi connectivity index (χ3n) is 13.6. The fourth-order valence-corrected chi connectivity index (χ4v) is 8.71. The summed E-state index contributed by atoms with van der Waals surface area (Å²) in [5.74, 6) is -0.975. The van der Waals surface area contributed by atoms with Crippen molar-refractivity contribution in [3.05, 3.63) is 134 Å². The monoisotopic (exact) mass is 1090 g/mol. The fraction of sp³-hybridized carbons (Fsp3) is 0.658. The van der Waals surface area contributed by atoms with E-state index in [-0.39, 0.29) is 37.5 Å². The van der Waals surface area contributed by atoms with Crippen LogP contribution >= 0.6 is 0 Å². The molecule has 6 heteroatoms. The number of carbonyl (C=O) groups is 3. The molecule has 0 saturated carbocycles. The summed E-state index contributed by atoms with van der Waals surface area (Å²) in [7, 11) is 0. The van der Waals surface area contributed by atoms with E-state index in [0.717, 1.165) is 116 Å². The zero-order chi connectivity index (χ0) is 57.1. The molecular weight excluding hydrogens is 973 g/mol.